The maximum Gasteiger partial charge on any atom is 0.259 e. The molecule has 0 aliphatic carbocycles. The van der Waals surface area contributed by atoms with Crippen molar-refractivity contribution in [3.8, 4) is 0 Å². The Bertz CT molecular complexity index is 381. The summed E-state index contributed by atoms with van der Waals surface area (Å²) in [5.74, 6) is 0.00872. The lowest BCUT2D eigenvalue weighted by atomic mass is 10.0. The number of hydrogen-bond acceptors (Lipinski definition) is 3. The molecular formula is C10H13BrClNO2S. The first kappa shape index (κ1) is 14.0. The van der Waals surface area contributed by atoms with Crippen molar-refractivity contribution in [1.29, 1.82) is 0 Å². The molecule has 0 saturated carbocycles. The van der Waals surface area contributed by atoms with E-state index in [4.69, 9.17) is 11.6 Å². The van der Waals surface area contributed by atoms with E-state index in [1.807, 2.05) is 6.07 Å². The van der Waals surface area contributed by atoms with Gasteiger partial charge in [0.1, 0.15) is 0 Å². The average molecular weight is 327 g/mol. The molecule has 1 aromatic heterocycles. The second-order valence-electron chi connectivity index (χ2n) is 3.59. The van der Waals surface area contributed by atoms with Gasteiger partial charge in [0.05, 0.1) is 3.79 Å². The third kappa shape index (κ3) is 2.97. The van der Waals surface area contributed by atoms with Crippen LogP contribution in [0.4, 0.5) is 0 Å². The average Bonchev–Trinajstić information content (AvgIpc) is 2.64. The fraction of sp³-hybridized carbons (Fsp3) is 0.500. The zero-order valence-electron chi connectivity index (χ0n) is 9.04. The summed E-state index contributed by atoms with van der Waals surface area (Å²) in [5, 5.41) is 10.2. The number of carbonyl (C=O) groups excluding carboxylic acids is 1. The van der Waals surface area contributed by atoms with Crippen molar-refractivity contribution >= 4 is 44.8 Å². The second kappa shape index (κ2) is 5.49. The van der Waals surface area contributed by atoms with Crippen LogP contribution in [0.25, 0.3) is 0 Å². The molecule has 3 nitrogen and oxygen atoms in total. The fourth-order valence-electron chi connectivity index (χ4n) is 1.28. The number of aliphatic hydroxyl groups is 1. The van der Waals surface area contributed by atoms with Crippen LogP contribution >= 0.6 is 38.9 Å². The highest BCUT2D eigenvalue weighted by molar-refractivity contribution is 9.11. The summed E-state index contributed by atoms with van der Waals surface area (Å²) in [7, 11) is 1.63. The van der Waals surface area contributed by atoms with Gasteiger partial charge >= 0.3 is 0 Å². The highest BCUT2D eigenvalue weighted by Crippen LogP contribution is 2.32. The minimum absolute atomic E-state index is 0.345. The molecule has 1 amide bonds. The summed E-state index contributed by atoms with van der Waals surface area (Å²) in [4.78, 5) is 14.0. The smallest absolute Gasteiger partial charge is 0.259 e. The van der Waals surface area contributed by atoms with Crippen molar-refractivity contribution in [1.82, 2.24) is 4.90 Å². The molecule has 0 aliphatic rings. The van der Waals surface area contributed by atoms with Crippen molar-refractivity contribution in [2.75, 3.05) is 19.5 Å². The van der Waals surface area contributed by atoms with Crippen molar-refractivity contribution in [3.05, 3.63) is 20.8 Å². The monoisotopic (exact) mass is 325 g/mol. The molecule has 0 spiro atoms. The van der Waals surface area contributed by atoms with Gasteiger partial charge in [0.15, 0.2) is 5.60 Å². The van der Waals surface area contributed by atoms with Crippen molar-refractivity contribution in [3.63, 3.8) is 0 Å². The fourth-order valence-corrected chi connectivity index (χ4v) is 2.96. The van der Waals surface area contributed by atoms with Crippen molar-refractivity contribution in [2.45, 2.75) is 12.5 Å². The summed E-state index contributed by atoms with van der Waals surface area (Å²) < 4.78 is 0.885. The van der Waals surface area contributed by atoms with E-state index in [-0.39, 0.29) is 5.91 Å². The molecule has 0 aromatic carbocycles. The van der Waals surface area contributed by atoms with E-state index < -0.39 is 5.60 Å². The number of nitrogens with zero attached hydrogens (tertiary/aromatic N) is 1. The van der Waals surface area contributed by atoms with E-state index in [1.165, 1.54) is 23.2 Å². The van der Waals surface area contributed by atoms with Gasteiger partial charge in [0, 0.05) is 24.3 Å². The lowest BCUT2D eigenvalue weighted by molar-refractivity contribution is -0.148. The highest BCUT2D eigenvalue weighted by atomic mass is 79.9. The number of thiophene rings is 1. The third-order valence-corrected chi connectivity index (χ3v) is 4.24. The first-order chi connectivity index (χ1) is 7.39. The molecule has 1 aromatic rings. The second-order valence-corrected chi connectivity index (χ2v) is 6.43. The minimum Gasteiger partial charge on any atom is -0.375 e. The van der Waals surface area contributed by atoms with Gasteiger partial charge in [-0.3, -0.25) is 4.79 Å². The zero-order valence-corrected chi connectivity index (χ0v) is 12.2. The Labute approximate surface area is 112 Å². The first-order valence-corrected chi connectivity index (χ1v) is 6.83. The van der Waals surface area contributed by atoms with Gasteiger partial charge in [0.25, 0.3) is 5.91 Å². The van der Waals surface area contributed by atoms with Gasteiger partial charge in [-0.1, -0.05) is 0 Å². The molecule has 90 valence electrons. The summed E-state index contributed by atoms with van der Waals surface area (Å²) in [6, 6.07) is 3.55. The summed E-state index contributed by atoms with van der Waals surface area (Å²) in [5.41, 5.74) is -1.49. The molecule has 1 heterocycles. The Morgan fingerprint density at radius 3 is 2.75 bits per heavy atom. The summed E-state index contributed by atoms with van der Waals surface area (Å²) in [6.45, 7) is 1.92. The Kier molecular flexibility index (Phi) is 4.79. The van der Waals surface area contributed by atoms with Gasteiger partial charge in [-0.15, -0.1) is 22.9 Å². The molecule has 1 atom stereocenters. The highest BCUT2D eigenvalue weighted by Gasteiger charge is 2.36. The van der Waals surface area contributed by atoms with Crippen molar-refractivity contribution < 1.29 is 9.90 Å². The molecule has 1 unspecified atom stereocenters. The molecule has 0 bridgehead atoms. The van der Waals surface area contributed by atoms with Crippen LogP contribution in [0.2, 0.25) is 0 Å². The Morgan fingerprint density at radius 2 is 2.31 bits per heavy atom. The predicted molar refractivity (Wildman–Crippen MR) is 69.9 cm³/mol. The standard InChI is InChI=1S/C10H13BrClNO2S/c1-10(15,7-3-4-8(11)16-7)9(14)13(2)6-5-12/h3-4,15H,5-6H2,1-2H3. The molecule has 0 aliphatic heterocycles. The molecule has 0 saturated heterocycles. The molecule has 0 radical (unpaired) electrons. The number of carbonyl (C=O) groups is 1. The van der Waals surface area contributed by atoms with Crippen molar-refractivity contribution in [2.24, 2.45) is 0 Å². The van der Waals surface area contributed by atoms with Crippen LogP contribution in [0, 0.1) is 0 Å². The number of rotatable bonds is 4. The molecule has 16 heavy (non-hydrogen) atoms. The topological polar surface area (TPSA) is 40.5 Å². The normalized spacial score (nSPS) is 14.6. The number of hydrogen-bond donors (Lipinski definition) is 1. The molecular weight excluding hydrogens is 314 g/mol. The van der Waals surface area contributed by atoms with Crippen LogP contribution in [-0.2, 0) is 10.4 Å². The Hall–Kier alpha value is -0.100. The third-order valence-electron chi connectivity index (χ3n) is 2.24. The van der Waals surface area contributed by atoms with E-state index in [2.05, 4.69) is 15.9 Å². The minimum atomic E-state index is -1.49. The van der Waals surface area contributed by atoms with Crippen LogP contribution in [0.1, 0.15) is 11.8 Å². The maximum absolute atomic E-state index is 12.0. The number of halogens is 2. The van der Waals surface area contributed by atoms with E-state index in [1.54, 1.807) is 13.1 Å². The number of likely N-dealkylation sites (N-methyl/N-ethyl adjacent to an activating group) is 1. The van der Waals surface area contributed by atoms with E-state index in [0.717, 1.165) is 3.79 Å². The number of alkyl halides is 1. The van der Waals surface area contributed by atoms with Gasteiger partial charge in [-0.05, 0) is 35.0 Å². The first-order valence-electron chi connectivity index (χ1n) is 4.69. The van der Waals surface area contributed by atoms with E-state index >= 15 is 0 Å². The van der Waals surface area contributed by atoms with Crippen LogP contribution in [-0.4, -0.2) is 35.4 Å². The molecule has 1 N–H and O–H groups in total. The van der Waals surface area contributed by atoms with Gasteiger partial charge in [0.2, 0.25) is 0 Å². The van der Waals surface area contributed by atoms with E-state index in [9.17, 15) is 9.90 Å². The maximum atomic E-state index is 12.0. The lowest BCUT2D eigenvalue weighted by Gasteiger charge is -2.26. The molecule has 6 heteroatoms. The van der Waals surface area contributed by atoms with Crippen LogP contribution in [0.3, 0.4) is 0 Å². The number of amides is 1. The Balaban J connectivity index is 2.88. The Morgan fingerprint density at radius 1 is 1.69 bits per heavy atom. The SMILES string of the molecule is CN(CCCl)C(=O)C(C)(O)c1ccc(Br)s1. The largest absolute Gasteiger partial charge is 0.375 e. The summed E-state index contributed by atoms with van der Waals surface area (Å²) in [6.07, 6.45) is 0. The zero-order chi connectivity index (χ0) is 12.3. The summed E-state index contributed by atoms with van der Waals surface area (Å²) >= 11 is 10.2. The van der Waals surface area contributed by atoms with Crippen LogP contribution < -0.4 is 0 Å². The molecule has 1 rings (SSSR count). The van der Waals surface area contributed by atoms with Gasteiger partial charge in [-0.25, -0.2) is 0 Å². The quantitative estimate of drug-likeness (QED) is 0.863. The van der Waals surface area contributed by atoms with Gasteiger partial charge < -0.3 is 10.0 Å². The molecule has 0 fully saturated rings. The predicted octanol–water partition coefficient (Wildman–Crippen LogP) is 2.42. The van der Waals surface area contributed by atoms with Crippen LogP contribution in [0.5, 0.6) is 0 Å². The lowest BCUT2D eigenvalue weighted by Crippen LogP contribution is -2.43. The van der Waals surface area contributed by atoms with Crippen LogP contribution in [0.15, 0.2) is 15.9 Å². The van der Waals surface area contributed by atoms with E-state index in [0.29, 0.717) is 17.3 Å². The van der Waals surface area contributed by atoms with Gasteiger partial charge in [-0.2, -0.15) is 0 Å².